The molecule has 2 rings (SSSR count). The van der Waals surface area contributed by atoms with E-state index in [1.54, 1.807) is 0 Å². The van der Waals surface area contributed by atoms with E-state index in [9.17, 15) is 24.0 Å². The van der Waals surface area contributed by atoms with Gasteiger partial charge in [-0.3, -0.25) is 10.1 Å². The van der Waals surface area contributed by atoms with Crippen LogP contribution in [0.1, 0.15) is 18.9 Å². The third kappa shape index (κ3) is 2.71. The minimum absolute atomic E-state index is 0.245. The quantitative estimate of drug-likeness (QED) is 0.643. The number of nitrogens with two attached hydrogens (primary N) is 1. The van der Waals surface area contributed by atoms with Crippen molar-refractivity contribution >= 4 is 5.69 Å². The van der Waals surface area contributed by atoms with Crippen molar-refractivity contribution < 1.29 is 23.3 Å². The van der Waals surface area contributed by atoms with Gasteiger partial charge in [-0.15, -0.1) is 0 Å². The Morgan fingerprint density at radius 3 is 2.71 bits per heavy atom. The van der Waals surface area contributed by atoms with Crippen LogP contribution in [0.5, 0.6) is 0 Å². The van der Waals surface area contributed by atoms with Gasteiger partial charge in [-0.05, 0) is 13.0 Å². The molecular formula is C11H10F2N4O4. The van der Waals surface area contributed by atoms with Crippen LogP contribution in [0.3, 0.4) is 0 Å². The molecule has 10 heteroatoms. The fourth-order valence-corrected chi connectivity index (χ4v) is 1.57. The summed E-state index contributed by atoms with van der Waals surface area (Å²) in [6, 6.07) is 0.369. The van der Waals surface area contributed by atoms with E-state index in [1.165, 1.54) is 6.92 Å². The number of hydrogen-bond acceptors (Lipinski definition) is 7. The molecule has 8 nitrogen and oxygen atoms in total. The van der Waals surface area contributed by atoms with Crippen molar-refractivity contribution in [2.24, 2.45) is 5.73 Å². The van der Waals surface area contributed by atoms with Gasteiger partial charge < -0.3 is 15.4 Å². The highest BCUT2D eigenvalue weighted by molar-refractivity contribution is 5.61. The Balaban J connectivity index is 2.52. The van der Waals surface area contributed by atoms with Crippen LogP contribution < -0.4 is 5.73 Å². The second kappa shape index (κ2) is 5.50. The summed E-state index contributed by atoms with van der Waals surface area (Å²) in [5.74, 6) is -3.28. The molecule has 0 saturated carbocycles. The fraction of sp³-hybridized carbons (Fsp3) is 0.273. The predicted octanol–water partition coefficient (Wildman–Crippen LogP) is 1.30. The lowest BCUT2D eigenvalue weighted by Crippen LogP contribution is -2.23. The van der Waals surface area contributed by atoms with Crippen molar-refractivity contribution in [3.8, 4) is 11.4 Å². The highest BCUT2D eigenvalue weighted by Gasteiger charge is 2.27. The number of rotatable bonds is 4. The lowest BCUT2D eigenvalue weighted by molar-refractivity contribution is -0.387. The molecule has 0 spiro atoms. The summed E-state index contributed by atoms with van der Waals surface area (Å²) in [4.78, 5) is 13.3. The number of benzene rings is 1. The van der Waals surface area contributed by atoms with Crippen molar-refractivity contribution in [1.82, 2.24) is 10.1 Å². The molecule has 0 aliphatic rings. The van der Waals surface area contributed by atoms with Crippen LogP contribution in [0.2, 0.25) is 0 Å². The Morgan fingerprint density at radius 1 is 1.48 bits per heavy atom. The number of halogens is 2. The van der Waals surface area contributed by atoms with Crippen molar-refractivity contribution in [2.45, 2.75) is 19.1 Å². The zero-order valence-corrected chi connectivity index (χ0v) is 10.7. The van der Waals surface area contributed by atoms with E-state index < -0.39 is 45.8 Å². The van der Waals surface area contributed by atoms with E-state index in [0.29, 0.717) is 6.07 Å². The lowest BCUT2D eigenvalue weighted by atomic mass is 10.1. The normalized spacial score (nSPS) is 14.0. The second-order valence-corrected chi connectivity index (χ2v) is 4.24. The molecule has 0 fully saturated rings. The van der Waals surface area contributed by atoms with Gasteiger partial charge in [0, 0.05) is 6.07 Å². The number of nitro benzene ring substituents is 1. The monoisotopic (exact) mass is 300 g/mol. The highest BCUT2D eigenvalue weighted by Crippen LogP contribution is 2.30. The van der Waals surface area contributed by atoms with Crippen LogP contribution in [0.4, 0.5) is 14.5 Å². The van der Waals surface area contributed by atoms with Gasteiger partial charge in [0.15, 0.2) is 0 Å². The summed E-state index contributed by atoms with van der Waals surface area (Å²) in [6.07, 6.45) is -1.03. The molecule has 3 N–H and O–H groups in total. The largest absolute Gasteiger partial charge is 0.391 e. The standard InChI is InChI=1S/C11H10F2N4O4/c1-4(18)9(14)11-15-10(16-21-11)7-5(12)2-3-6(8(7)13)17(19)20/h2-4,9,18H,14H2,1H3. The van der Waals surface area contributed by atoms with Crippen molar-refractivity contribution in [1.29, 1.82) is 0 Å². The first-order valence-corrected chi connectivity index (χ1v) is 5.73. The summed E-state index contributed by atoms with van der Waals surface area (Å²) in [7, 11) is 0. The Kier molecular flexibility index (Phi) is 3.91. The SMILES string of the molecule is CC(O)C(N)c1nc(-c2c(F)ccc([N+](=O)[O-])c2F)no1. The maximum absolute atomic E-state index is 14.0. The lowest BCUT2D eigenvalue weighted by Gasteiger charge is -2.08. The number of aliphatic hydroxyl groups excluding tert-OH is 1. The second-order valence-electron chi connectivity index (χ2n) is 4.24. The minimum atomic E-state index is -1.42. The predicted molar refractivity (Wildman–Crippen MR) is 64.9 cm³/mol. The molecule has 0 aliphatic heterocycles. The molecule has 1 aromatic heterocycles. The van der Waals surface area contributed by atoms with E-state index in [-0.39, 0.29) is 5.89 Å². The molecule has 2 unspecified atom stereocenters. The Labute approximate surface area is 116 Å². The first-order valence-electron chi connectivity index (χ1n) is 5.73. The van der Waals surface area contributed by atoms with Gasteiger partial charge in [0.1, 0.15) is 17.4 Å². The van der Waals surface area contributed by atoms with Gasteiger partial charge in [-0.1, -0.05) is 5.16 Å². The van der Waals surface area contributed by atoms with Gasteiger partial charge in [0.05, 0.1) is 11.0 Å². The smallest absolute Gasteiger partial charge is 0.305 e. The molecule has 21 heavy (non-hydrogen) atoms. The van der Waals surface area contributed by atoms with Crippen LogP contribution >= 0.6 is 0 Å². The number of aliphatic hydroxyl groups is 1. The maximum Gasteiger partial charge on any atom is 0.305 e. The van der Waals surface area contributed by atoms with Crippen LogP contribution in [-0.4, -0.2) is 26.3 Å². The zero-order valence-electron chi connectivity index (χ0n) is 10.7. The van der Waals surface area contributed by atoms with Crippen LogP contribution in [0.25, 0.3) is 11.4 Å². The number of nitrogens with zero attached hydrogens (tertiary/aromatic N) is 3. The molecular weight excluding hydrogens is 290 g/mol. The van der Waals surface area contributed by atoms with Gasteiger partial charge in [-0.25, -0.2) is 4.39 Å². The van der Waals surface area contributed by atoms with Gasteiger partial charge in [0.25, 0.3) is 0 Å². The van der Waals surface area contributed by atoms with Crippen LogP contribution in [0, 0.1) is 21.7 Å². The van der Waals surface area contributed by atoms with E-state index >= 15 is 0 Å². The van der Waals surface area contributed by atoms with Crippen molar-refractivity contribution in [3.05, 3.63) is 39.8 Å². The van der Waals surface area contributed by atoms with E-state index in [2.05, 4.69) is 10.1 Å². The summed E-state index contributed by atoms with van der Waals surface area (Å²) in [6.45, 7) is 1.36. The van der Waals surface area contributed by atoms with E-state index in [0.717, 1.165) is 6.07 Å². The minimum Gasteiger partial charge on any atom is -0.391 e. The number of nitro groups is 1. The summed E-state index contributed by atoms with van der Waals surface area (Å²) < 4.78 is 32.3. The molecule has 2 aromatic rings. The Hall–Kier alpha value is -2.46. The molecule has 0 bridgehead atoms. The van der Waals surface area contributed by atoms with E-state index in [1.807, 2.05) is 0 Å². The van der Waals surface area contributed by atoms with E-state index in [4.69, 9.17) is 10.3 Å². The molecule has 0 saturated heterocycles. The summed E-state index contributed by atoms with van der Waals surface area (Å²) >= 11 is 0. The third-order valence-corrected chi connectivity index (χ3v) is 2.74. The first-order chi connectivity index (χ1) is 9.82. The summed E-state index contributed by atoms with van der Waals surface area (Å²) in [5.41, 5.74) is 3.83. The summed E-state index contributed by atoms with van der Waals surface area (Å²) in [5, 5.41) is 23.3. The average molecular weight is 300 g/mol. The molecule has 0 aliphatic carbocycles. The van der Waals surface area contributed by atoms with Gasteiger partial charge in [0.2, 0.25) is 17.5 Å². The van der Waals surface area contributed by atoms with Gasteiger partial charge >= 0.3 is 5.69 Å². The van der Waals surface area contributed by atoms with Gasteiger partial charge in [-0.2, -0.15) is 9.37 Å². The highest BCUT2D eigenvalue weighted by atomic mass is 19.1. The van der Waals surface area contributed by atoms with Crippen LogP contribution in [-0.2, 0) is 0 Å². The zero-order chi connectivity index (χ0) is 15.7. The fourth-order valence-electron chi connectivity index (χ4n) is 1.57. The molecule has 0 radical (unpaired) electrons. The Bertz CT molecular complexity index is 689. The average Bonchev–Trinajstić information content (AvgIpc) is 2.86. The van der Waals surface area contributed by atoms with Crippen molar-refractivity contribution in [3.63, 3.8) is 0 Å². The number of aromatic nitrogens is 2. The molecule has 0 amide bonds. The van der Waals surface area contributed by atoms with Crippen molar-refractivity contribution in [2.75, 3.05) is 0 Å². The molecule has 112 valence electrons. The number of hydrogen-bond donors (Lipinski definition) is 2. The topological polar surface area (TPSA) is 128 Å². The molecule has 1 heterocycles. The molecule has 1 aromatic carbocycles. The first kappa shape index (κ1) is 14.9. The third-order valence-electron chi connectivity index (χ3n) is 2.74. The maximum atomic E-state index is 14.0. The van der Waals surface area contributed by atoms with Crippen LogP contribution in [0.15, 0.2) is 16.7 Å². The Morgan fingerprint density at radius 2 is 2.14 bits per heavy atom. The molecule has 2 atom stereocenters.